The van der Waals surface area contributed by atoms with E-state index in [4.69, 9.17) is 14.6 Å². The summed E-state index contributed by atoms with van der Waals surface area (Å²) < 4.78 is 11.7. The zero-order valence-electron chi connectivity index (χ0n) is 11.0. The summed E-state index contributed by atoms with van der Waals surface area (Å²) in [6, 6.07) is 4.08. The summed E-state index contributed by atoms with van der Waals surface area (Å²) in [5.41, 5.74) is 2.16. The van der Waals surface area contributed by atoms with Crippen LogP contribution in [-0.2, 0) is 11.2 Å². The Balaban J connectivity index is 2.02. The molecule has 0 aliphatic carbocycles. The summed E-state index contributed by atoms with van der Waals surface area (Å²) >= 11 is 0. The van der Waals surface area contributed by atoms with Crippen molar-refractivity contribution in [2.45, 2.75) is 44.6 Å². The molecule has 102 valence electrons. The van der Waals surface area contributed by atoms with E-state index in [1.165, 1.54) is 5.56 Å². The van der Waals surface area contributed by atoms with Gasteiger partial charge in [-0.1, -0.05) is 12.1 Å². The van der Waals surface area contributed by atoms with Crippen LogP contribution in [0, 0.1) is 0 Å². The quantitative estimate of drug-likeness (QED) is 0.890. The lowest BCUT2D eigenvalue weighted by molar-refractivity contribution is -0.137. The molecule has 1 aromatic rings. The van der Waals surface area contributed by atoms with Gasteiger partial charge in [0.15, 0.2) is 11.5 Å². The van der Waals surface area contributed by atoms with E-state index in [1.54, 1.807) is 0 Å². The van der Waals surface area contributed by atoms with Crippen LogP contribution in [0.5, 0.6) is 11.5 Å². The molecule has 2 atom stereocenters. The molecule has 1 N–H and O–H groups in total. The van der Waals surface area contributed by atoms with Gasteiger partial charge < -0.3 is 14.6 Å². The molecule has 0 aromatic heterocycles. The highest BCUT2D eigenvalue weighted by molar-refractivity contribution is 5.69. The van der Waals surface area contributed by atoms with Gasteiger partial charge in [-0.3, -0.25) is 4.79 Å². The van der Waals surface area contributed by atoms with Gasteiger partial charge in [-0.2, -0.15) is 0 Å². The summed E-state index contributed by atoms with van der Waals surface area (Å²) in [4.78, 5) is 11.0. The Bertz CT molecular complexity index is 509. The van der Waals surface area contributed by atoms with Gasteiger partial charge in [0, 0.05) is 17.5 Å². The normalized spacial score (nSPS) is 24.7. The summed E-state index contributed by atoms with van der Waals surface area (Å²) in [6.45, 7) is 2.68. The van der Waals surface area contributed by atoms with Gasteiger partial charge >= 0.3 is 5.97 Å². The number of ether oxygens (including phenoxy) is 2. The summed E-state index contributed by atoms with van der Waals surface area (Å²) in [5.74, 6) is 0.889. The third-order valence-corrected chi connectivity index (χ3v) is 3.85. The maximum atomic E-state index is 11.0. The number of hydrogen-bond donors (Lipinski definition) is 1. The molecule has 19 heavy (non-hydrogen) atoms. The van der Waals surface area contributed by atoms with Gasteiger partial charge in [0.25, 0.3) is 0 Å². The minimum atomic E-state index is -0.757. The number of hydrogen-bond acceptors (Lipinski definition) is 3. The van der Waals surface area contributed by atoms with Crippen molar-refractivity contribution in [3.63, 3.8) is 0 Å². The number of carboxylic acids is 1. The SMILES string of the molecule is CC1Cc2ccc3c(c2O1)OCCCC3CC(=O)O. The van der Waals surface area contributed by atoms with Crippen LogP contribution in [0.25, 0.3) is 0 Å². The monoisotopic (exact) mass is 262 g/mol. The lowest BCUT2D eigenvalue weighted by Gasteiger charge is -2.17. The molecule has 0 spiro atoms. The predicted molar refractivity (Wildman–Crippen MR) is 70.0 cm³/mol. The number of fused-ring (bicyclic) bond motifs is 3. The fraction of sp³-hybridized carbons (Fsp3) is 0.533. The Hall–Kier alpha value is -1.71. The van der Waals surface area contributed by atoms with Crippen LogP contribution in [0.1, 0.15) is 43.2 Å². The summed E-state index contributed by atoms with van der Waals surface area (Å²) in [7, 11) is 0. The topological polar surface area (TPSA) is 55.8 Å². The molecule has 2 unspecified atom stereocenters. The third kappa shape index (κ3) is 2.27. The molecule has 2 aliphatic rings. The maximum Gasteiger partial charge on any atom is 0.303 e. The van der Waals surface area contributed by atoms with Gasteiger partial charge in [-0.25, -0.2) is 0 Å². The first kappa shape index (κ1) is 12.3. The molecule has 1 aromatic carbocycles. The summed E-state index contributed by atoms with van der Waals surface area (Å²) in [6.07, 6.45) is 2.97. The van der Waals surface area contributed by atoms with E-state index < -0.39 is 5.97 Å². The molecule has 0 saturated carbocycles. The molecular weight excluding hydrogens is 244 g/mol. The second-order valence-corrected chi connectivity index (χ2v) is 5.39. The van der Waals surface area contributed by atoms with Crippen LogP contribution < -0.4 is 9.47 Å². The largest absolute Gasteiger partial charge is 0.489 e. The van der Waals surface area contributed by atoms with Crippen LogP contribution in [0.3, 0.4) is 0 Å². The number of carboxylic acid groups (broad SMARTS) is 1. The fourth-order valence-corrected chi connectivity index (χ4v) is 3.01. The van der Waals surface area contributed by atoms with Crippen molar-refractivity contribution in [2.24, 2.45) is 0 Å². The van der Waals surface area contributed by atoms with Gasteiger partial charge in [0.2, 0.25) is 0 Å². The summed E-state index contributed by atoms with van der Waals surface area (Å²) in [5, 5.41) is 9.05. The van der Waals surface area contributed by atoms with Gasteiger partial charge in [-0.15, -0.1) is 0 Å². The van der Waals surface area contributed by atoms with Crippen molar-refractivity contribution in [1.82, 2.24) is 0 Å². The maximum absolute atomic E-state index is 11.0. The van der Waals surface area contributed by atoms with Crippen LogP contribution >= 0.6 is 0 Å². The first-order chi connectivity index (χ1) is 9.15. The van der Waals surface area contributed by atoms with E-state index >= 15 is 0 Å². The first-order valence-corrected chi connectivity index (χ1v) is 6.82. The van der Waals surface area contributed by atoms with Crippen LogP contribution in [0.4, 0.5) is 0 Å². The van der Waals surface area contributed by atoms with Crippen LogP contribution in [-0.4, -0.2) is 23.8 Å². The molecule has 0 amide bonds. The standard InChI is InChI=1S/C15H18O4/c1-9-7-11-4-5-12-10(8-13(16)17)3-2-6-18-15(12)14(11)19-9/h4-5,9-10H,2-3,6-8H2,1H3,(H,16,17). The Morgan fingerprint density at radius 3 is 3.05 bits per heavy atom. The second kappa shape index (κ2) is 4.76. The van der Waals surface area contributed by atoms with E-state index in [0.717, 1.165) is 36.3 Å². The third-order valence-electron chi connectivity index (χ3n) is 3.85. The molecule has 3 rings (SSSR count). The number of benzene rings is 1. The average Bonchev–Trinajstić information content (AvgIpc) is 2.61. The van der Waals surface area contributed by atoms with E-state index in [-0.39, 0.29) is 18.4 Å². The van der Waals surface area contributed by atoms with Crippen LogP contribution in [0.15, 0.2) is 12.1 Å². The number of carbonyl (C=O) groups is 1. The Morgan fingerprint density at radius 1 is 1.42 bits per heavy atom. The molecule has 4 heteroatoms. The van der Waals surface area contributed by atoms with E-state index in [2.05, 4.69) is 6.07 Å². The van der Waals surface area contributed by atoms with Crippen molar-refractivity contribution >= 4 is 5.97 Å². The Kier molecular flexibility index (Phi) is 3.09. The zero-order chi connectivity index (χ0) is 13.4. The molecule has 2 heterocycles. The molecule has 2 aliphatic heterocycles. The molecule has 0 radical (unpaired) electrons. The van der Waals surface area contributed by atoms with E-state index in [9.17, 15) is 4.79 Å². The molecule has 0 bridgehead atoms. The fourth-order valence-electron chi connectivity index (χ4n) is 3.01. The minimum absolute atomic E-state index is 0.0276. The van der Waals surface area contributed by atoms with Crippen molar-refractivity contribution < 1.29 is 19.4 Å². The molecular formula is C15H18O4. The van der Waals surface area contributed by atoms with E-state index in [0.29, 0.717) is 6.61 Å². The second-order valence-electron chi connectivity index (χ2n) is 5.39. The van der Waals surface area contributed by atoms with Crippen molar-refractivity contribution in [1.29, 1.82) is 0 Å². The number of rotatable bonds is 2. The van der Waals surface area contributed by atoms with Gasteiger partial charge in [0.05, 0.1) is 13.0 Å². The lowest BCUT2D eigenvalue weighted by Crippen LogP contribution is -2.07. The van der Waals surface area contributed by atoms with Crippen molar-refractivity contribution in [3.05, 3.63) is 23.3 Å². The molecule has 0 fully saturated rings. The predicted octanol–water partition coefficient (Wildman–Crippen LogP) is 2.74. The van der Waals surface area contributed by atoms with Crippen LogP contribution in [0.2, 0.25) is 0 Å². The van der Waals surface area contributed by atoms with E-state index in [1.807, 2.05) is 13.0 Å². The Morgan fingerprint density at radius 2 is 2.26 bits per heavy atom. The van der Waals surface area contributed by atoms with Gasteiger partial charge in [-0.05, 0) is 25.7 Å². The van der Waals surface area contributed by atoms with Crippen molar-refractivity contribution in [2.75, 3.05) is 6.61 Å². The highest BCUT2D eigenvalue weighted by atomic mass is 16.5. The first-order valence-electron chi connectivity index (χ1n) is 6.82. The highest BCUT2D eigenvalue weighted by Gasteiger charge is 2.30. The van der Waals surface area contributed by atoms with Crippen molar-refractivity contribution in [3.8, 4) is 11.5 Å². The number of aliphatic carboxylic acids is 1. The average molecular weight is 262 g/mol. The minimum Gasteiger partial charge on any atom is -0.489 e. The zero-order valence-corrected chi connectivity index (χ0v) is 11.0. The van der Waals surface area contributed by atoms with Gasteiger partial charge in [0.1, 0.15) is 6.10 Å². The Labute approximate surface area is 112 Å². The molecule has 4 nitrogen and oxygen atoms in total. The molecule has 0 saturated heterocycles. The highest BCUT2D eigenvalue weighted by Crippen LogP contribution is 2.46. The lowest BCUT2D eigenvalue weighted by atomic mass is 9.90. The smallest absolute Gasteiger partial charge is 0.303 e.